The molecule has 0 spiro atoms. The van der Waals surface area contributed by atoms with Crippen molar-refractivity contribution in [2.45, 2.75) is 18.7 Å². The molecule has 26 heavy (non-hydrogen) atoms. The minimum Gasteiger partial charge on any atom is -0.494 e. The van der Waals surface area contributed by atoms with E-state index in [4.69, 9.17) is 16.3 Å². The van der Waals surface area contributed by atoms with Crippen molar-refractivity contribution in [3.8, 4) is 5.75 Å². The first-order valence-electron chi connectivity index (χ1n) is 7.48. The van der Waals surface area contributed by atoms with Crippen molar-refractivity contribution in [2.75, 3.05) is 6.61 Å². The molecule has 2 aromatic rings. The molecule has 0 saturated carbocycles. The van der Waals surface area contributed by atoms with Gasteiger partial charge in [-0.3, -0.25) is 10.1 Å². The molecule has 0 heterocycles. The van der Waals surface area contributed by atoms with E-state index in [1.54, 1.807) is 0 Å². The molecule has 0 saturated heterocycles. The second-order valence-electron chi connectivity index (χ2n) is 5.12. The first-order valence-corrected chi connectivity index (χ1v) is 9.34. The summed E-state index contributed by atoms with van der Waals surface area (Å²) in [6.45, 7) is 3.82. The van der Waals surface area contributed by atoms with Gasteiger partial charge in [-0.2, -0.15) is 18.4 Å². The van der Waals surface area contributed by atoms with Crippen LogP contribution in [-0.4, -0.2) is 25.7 Å². The number of rotatable bonds is 7. The number of nitrogens with zero attached hydrogens (tertiary/aromatic N) is 2. The number of nitrogens with one attached hydrogen (secondary N) is 1. The SMILES string of the molecule is CCOc1ccc(S(=O)(=O)N/N=C(\C)c2ccc(Cl)c([N+](=O)[O-])c2)cc1. The van der Waals surface area contributed by atoms with Gasteiger partial charge in [0.2, 0.25) is 0 Å². The minimum absolute atomic E-state index is 0.0125. The molecule has 0 aliphatic rings. The quantitative estimate of drug-likeness (QED) is 0.437. The highest BCUT2D eigenvalue weighted by Gasteiger charge is 2.16. The third kappa shape index (κ3) is 4.70. The first kappa shape index (κ1) is 19.7. The summed E-state index contributed by atoms with van der Waals surface area (Å²) in [7, 11) is -3.88. The monoisotopic (exact) mass is 397 g/mol. The van der Waals surface area contributed by atoms with Crippen LogP contribution in [-0.2, 0) is 10.0 Å². The fourth-order valence-electron chi connectivity index (χ4n) is 2.01. The minimum atomic E-state index is -3.88. The third-order valence-corrected chi connectivity index (χ3v) is 4.88. The second kappa shape index (κ2) is 8.15. The summed E-state index contributed by atoms with van der Waals surface area (Å²) in [6.07, 6.45) is 0. The summed E-state index contributed by atoms with van der Waals surface area (Å²) in [6, 6.07) is 9.96. The lowest BCUT2D eigenvalue weighted by Gasteiger charge is -2.07. The molecular weight excluding hydrogens is 382 g/mol. The number of benzene rings is 2. The molecule has 10 heteroatoms. The molecule has 8 nitrogen and oxygen atoms in total. The van der Waals surface area contributed by atoms with E-state index in [9.17, 15) is 18.5 Å². The molecule has 0 amide bonds. The average Bonchev–Trinajstić information content (AvgIpc) is 2.60. The molecule has 138 valence electrons. The van der Waals surface area contributed by atoms with Crippen molar-refractivity contribution < 1.29 is 18.1 Å². The largest absolute Gasteiger partial charge is 0.494 e. The van der Waals surface area contributed by atoms with Crippen molar-refractivity contribution in [3.05, 3.63) is 63.2 Å². The zero-order chi connectivity index (χ0) is 19.3. The number of ether oxygens (including phenoxy) is 1. The van der Waals surface area contributed by atoms with Crippen LogP contribution in [0.3, 0.4) is 0 Å². The Hall–Kier alpha value is -2.65. The molecule has 0 aliphatic carbocycles. The maximum Gasteiger partial charge on any atom is 0.288 e. The standard InChI is InChI=1S/C16H16ClN3O5S/c1-3-25-13-5-7-14(8-6-13)26(23,24)19-18-11(2)12-4-9-15(17)16(10-12)20(21)22/h4-10,19H,3H2,1-2H3/b18-11+. The zero-order valence-corrected chi connectivity index (χ0v) is 15.5. The van der Waals surface area contributed by atoms with Crippen molar-refractivity contribution in [1.29, 1.82) is 0 Å². The lowest BCUT2D eigenvalue weighted by molar-refractivity contribution is -0.384. The fourth-order valence-corrected chi connectivity index (χ4v) is 3.05. The normalized spacial score (nSPS) is 11.9. The Morgan fingerprint density at radius 1 is 1.27 bits per heavy atom. The Morgan fingerprint density at radius 2 is 1.92 bits per heavy atom. The number of hydrazone groups is 1. The van der Waals surface area contributed by atoms with Crippen LogP contribution in [0.15, 0.2) is 52.5 Å². The molecular formula is C16H16ClN3O5S. The van der Waals surface area contributed by atoms with Crippen molar-refractivity contribution in [2.24, 2.45) is 5.10 Å². The van der Waals surface area contributed by atoms with Crippen molar-refractivity contribution >= 4 is 33.0 Å². The van der Waals surface area contributed by atoms with Gasteiger partial charge in [0, 0.05) is 11.6 Å². The van der Waals surface area contributed by atoms with Gasteiger partial charge in [-0.05, 0) is 44.2 Å². The maximum atomic E-state index is 12.3. The predicted octanol–water partition coefficient (Wildman–Crippen LogP) is 3.35. The van der Waals surface area contributed by atoms with E-state index in [0.29, 0.717) is 17.9 Å². The molecule has 0 unspecified atom stereocenters. The fraction of sp³-hybridized carbons (Fsp3) is 0.188. The van der Waals surface area contributed by atoms with Gasteiger partial charge < -0.3 is 4.74 Å². The van der Waals surface area contributed by atoms with Crippen molar-refractivity contribution in [1.82, 2.24) is 4.83 Å². The number of nitro groups is 1. The van der Waals surface area contributed by atoms with Gasteiger partial charge in [0.15, 0.2) is 0 Å². The Bertz CT molecular complexity index is 943. The number of nitro benzene ring substituents is 1. The highest BCUT2D eigenvalue weighted by molar-refractivity contribution is 7.89. The summed E-state index contributed by atoms with van der Waals surface area (Å²) in [5.74, 6) is 0.555. The van der Waals surface area contributed by atoms with Crippen LogP contribution >= 0.6 is 11.6 Å². The van der Waals surface area contributed by atoms with Crippen LogP contribution in [0.25, 0.3) is 0 Å². The summed E-state index contributed by atoms with van der Waals surface area (Å²) in [5.41, 5.74) is 0.336. The van der Waals surface area contributed by atoms with E-state index in [-0.39, 0.29) is 21.3 Å². The molecule has 1 N–H and O–H groups in total. The lowest BCUT2D eigenvalue weighted by atomic mass is 10.1. The molecule has 0 bridgehead atoms. The van der Waals surface area contributed by atoms with Gasteiger partial charge in [0.25, 0.3) is 15.7 Å². The second-order valence-corrected chi connectivity index (χ2v) is 7.19. The van der Waals surface area contributed by atoms with Gasteiger partial charge in [-0.15, -0.1) is 0 Å². The maximum absolute atomic E-state index is 12.3. The van der Waals surface area contributed by atoms with Crippen LogP contribution in [0.4, 0.5) is 5.69 Å². The molecule has 2 aromatic carbocycles. The third-order valence-electron chi connectivity index (χ3n) is 3.34. The molecule has 2 rings (SSSR count). The Labute approximate surface area is 155 Å². The van der Waals surface area contributed by atoms with Crippen LogP contribution < -0.4 is 9.57 Å². The van der Waals surface area contributed by atoms with Gasteiger partial charge in [0.05, 0.1) is 22.1 Å². The summed E-state index contributed by atoms with van der Waals surface area (Å²) in [5, 5.41) is 14.7. The molecule has 0 fully saturated rings. The first-order chi connectivity index (χ1) is 12.2. The Morgan fingerprint density at radius 3 is 2.50 bits per heavy atom. The van der Waals surface area contributed by atoms with Crippen LogP contribution in [0.1, 0.15) is 19.4 Å². The van der Waals surface area contributed by atoms with E-state index in [1.165, 1.54) is 49.4 Å². The smallest absolute Gasteiger partial charge is 0.288 e. The highest BCUT2D eigenvalue weighted by atomic mass is 35.5. The number of halogens is 1. The van der Waals surface area contributed by atoms with E-state index < -0.39 is 14.9 Å². The number of sulfonamides is 1. The number of hydrogen-bond donors (Lipinski definition) is 1. The molecule has 0 atom stereocenters. The van der Waals surface area contributed by atoms with E-state index in [2.05, 4.69) is 9.93 Å². The van der Waals surface area contributed by atoms with Crippen LogP contribution in [0, 0.1) is 10.1 Å². The van der Waals surface area contributed by atoms with E-state index in [0.717, 1.165) is 0 Å². The lowest BCUT2D eigenvalue weighted by Crippen LogP contribution is -2.20. The topological polar surface area (TPSA) is 111 Å². The molecule has 0 aromatic heterocycles. The van der Waals surface area contributed by atoms with E-state index in [1.807, 2.05) is 6.92 Å². The van der Waals surface area contributed by atoms with E-state index >= 15 is 0 Å². The highest BCUT2D eigenvalue weighted by Crippen LogP contribution is 2.25. The van der Waals surface area contributed by atoms with Gasteiger partial charge >= 0.3 is 0 Å². The zero-order valence-electron chi connectivity index (χ0n) is 14.0. The van der Waals surface area contributed by atoms with Gasteiger partial charge in [-0.1, -0.05) is 17.7 Å². The number of hydrogen-bond acceptors (Lipinski definition) is 6. The molecule has 0 aliphatic heterocycles. The summed E-state index contributed by atoms with van der Waals surface area (Å²) < 4.78 is 29.8. The van der Waals surface area contributed by atoms with Crippen LogP contribution in [0.2, 0.25) is 5.02 Å². The Kier molecular flexibility index (Phi) is 6.17. The summed E-state index contributed by atoms with van der Waals surface area (Å²) in [4.78, 5) is 12.4. The van der Waals surface area contributed by atoms with Gasteiger partial charge in [0.1, 0.15) is 10.8 Å². The van der Waals surface area contributed by atoms with Gasteiger partial charge in [-0.25, -0.2) is 0 Å². The van der Waals surface area contributed by atoms with Crippen molar-refractivity contribution in [3.63, 3.8) is 0 Å². The molecule has 0 radical (unpaired) electrons. The predicted molar refractivity (Wildman–Crippen MR) is 98.2 cm³/mol. The van der Waals surface area contributed by atoms with Crippen LogP contribution in [0.5, 0.6) is 5.75 Å². The Balaban J connectivity index is 2.21. The summed E-state index contributed by atoms with van der Waals surface area (Å²) >= 11 is 5.76. The average molecular weight is 398 g/mol.